The lowest BCUT2D eigenvalue weighted by atomic mass is 9.94. The van der Waals surface area contributed by atoms with Crippen molar-refractivity contribution in [2.75, 3.05) is 0 Å². The van der Waals surface area contributed by atoms with Gasteiger partial charge in [-0.3, -0.25) is 0 Å². The summed E-state index contributed by atoms with van der Waals surface area (Å²) in [5.74, 6) is -2.48. The van der Waals surface area contributed by atoms with Crippen LogP contribution in [0.15, 0.2) is 58.7 Å². The van der Waals surface area contributed by atoms with Gasteiger partial charge in [0.1, 0.15) is 34.7 Å². The first kappa shape index (κ1) is 71.2. The molecule has 2 unspecified atom stereocenters. The minimum atomic E-state index is -2.32. The van der Waals surface area contributed by atoms with Crippen molar-refractivity contribution in [2.45, 2.75) is 250 Å². The van der Waals surface area contributed by atoms with Crippen molar-refractivity contribution >= 4 is 40.5 Å². The summed E-state index contributed by atoms with van der Waals surface area (Å²) in [5, 5.41) is 20.5. The Morgan fingerprint density at radius 2 is 0.910 bits per heavy atom. The molecule has 0 radical (unpaired) electrons. The van der Waals surface area contributed by atoms with Crippen molar-refractivity contribution in [3.63, 3.8) is 0 Å². The molecule has 6 N–H and O–H groups in total. The third-order valence-electron chi connectivity index (χ3n) is 15.1. The Morgan fingerprint density at radius 1 is 0.564 bits per heavy atom. The van der Waals surface area contributed by atoms with Gasteiger partial charge in [-0.15, -0.1) is 0 Å². The molecule has 2 aromatic carbocycles. The number of nitrogens with two attached hydrogens (primary N) is 2. The third kappa shape index (κ3) is 22.4. The fourth-order valence-corrected chi connectivity index (χ4v) is 9.69. The lowest BCUT2D eigenvalue weighted by Gasteiger charge is -2.37. The lowest BCUT2D eigenvalue weighted by Crippen LogP contribution is -2.44. The van der Waals surface area contributed by atoms with Crippen LogP contribution in [0, 0.1) is 11.8 Å². The largest absolute Gasteiger partial charge is 0.543 e. The normalized spacial score (nSPS) is 13.3. The summed E-state index contributed by atoms with van der Waals surface area (Å²) in [4.78, 5) is 51.5. The molecular formula is C64H106N2O10Si2. The molecule has 0 saturated carbocycles. The molecule has 0 fully saturated rings. The summed E-state index contributed by atoms with van der Waals surface area (Å²) in [6, 6.07) is 2.00. The van der Waals surface area contributed by atoms with E-state index in [1.54, 1.807) is 0 Å². The van der Waals surface area contributed by atoms with Crippen LogP contribution in [-0.2, 0) is 35.3 Å². The number of allylic oxidation sites excluding steroid dienone is 8. The Labute approximate surface area is 474 Å². The average molecular weight is 1120 g/mol. The fourth-order valence-electron chi connectivity index (χ4n) is 7.62. The van der Waals surface area contributed by atoms with Crippen LogP contribution in [0.1, 0.15) is 219 Å². The highest BCUT2D eigenvalue weighted by Gasteiger charge is 2.42. The SMILES string of the molecule is CCCCCc1cc(O[Si](C)(C)C(C)(C)C)c(C/C=C(\C)CCC=C(C)C)c(OC(=O)C(N)C(C)C)c1C(=O)O.CCCc1cc(O[Si](C)(C)C(C)(C)C)c(C/C=C(\C)CCC=C(C)C)c(OC(=O)C(N)C(C)C)c1C(=O)O. The van der Waals surface area contributed by atoms with E-state index in [4.69, 9.17) is 29.8 Å². The van der Waals surface area contributed by atoms with E-state index in [1.807, 2.05) is 46.8 Å². The molecular weight excluding hydrogens is 1010 g/mol. The number of aryl methyl sites for hydroxylation is 2. The summed E-state index contributed by atoms with van der Waals surface area (Å²) >= 11 is 0. The van der Waals surface area contributed by atoms with Gasteiger partial charge in [0.15, 0.2) is 11.5 Å². The van der Waals surface area contributed by atoms with Crippen LogP contribution in [-0.4, -0.2) is 62.8 Å². The molecule has 0 aromatic heterocycles. The zero-order chi connectivity index (χ0) is 60.3. The molecule has 0 aliphatic carbocycles. The van der Waals surface area contributed by atoms with Crippen LogP contribution in [0.2, 0.25) is 36.3 Å². The summed E-state index contributed by atoms with van der Waals surface area (Å²) in [6.07, 6.45) is 17.6. The van der Waals surface area contributed by atoms with E-state index in [0.29, 0.717) is 59.4 Å². The standard InChI is InChI=1S/C33H55NO5Si.C31H51NO5Si/c1-12-13-14-18-25-21-27(39-40(10,11)33(7,8)9)26(20-19-24(6)17-15-16-22(2)3)30(28(25)31(35)36)38-32(37)29(34)23(4)5;1-12-14-23-19-25(37-38(10,11)31(7,8)9)24(18-17-22(6)16-13-15-20(2)3)28(26(23)29(33)34)36-30(35)27(32)21(4)5/h16,19,21,23,29H,12-15,17-18,20,34H2,1-11H3,(H,35,36);15,17,19,21,27H,12-14,16,18,32H2,1-11H3,(H,33,34)/b24-19+;22-17+. The van der Waals surface area contributed by atoms with Crippen molar-refractivity contribution in [3.05, 3.63) is 92.1 Å². The Bertz CT molecular complexity index is 2460. The van der Waals surface area contributed by atoms with Gasteiger partial charge in [-0.1, -0.05) is 149 Å². The number of ether oxygens (including phenoxy) is 2. The predicted octanol–water partition coefficient (Wildman–Crippen LogP) is 16.5. The van der Waals surface area contributed by atoms with Gasteiger partial charge in [-0.05, 0) is 171 Å². The van der Waals surface area contributed by atoms with Crippen molar-refractivity contribution in [1.82, 2.24) is 0 Å². The first-order valence-corrected chi connectivity index (χ1v) is 34.4. The number of unbranched alkanes of at least 4 members (excludes halogenated alkanes) is 2. The average Bonchev–Trinajstić information content (AvgIpc) is 3.29. The molecule has 0 aliphatic heterocycles. The van der Waals surface area contributed by atoms with Crippen molar-refractivity contribution in [1.29, 1.82) is 0 Å². The van der Waals surface area contributed by atoms with Crippen molar-refractivity contribution < 1.29 is 47.7 Å². The Morgan fingerprint density at radius 3 is 1.19 bits per heavy atom. The Hall–Kier alpha value is -4.77. The second-order valence-electron chi connectivity index (χ2n) is 25.5. The van der Waals surface area contributed by atoms with E-state index < -0.39 is 52.6 Å². The van der Waals surface area contributed by atoms with E-state index in [-0.39, 0.29) is 44.5 Å². The molecule has 0 saturated heterocycles. The molecule has 2 rings (SSSR count). The van der Waals surface area contributed by atoms with Gasteiger partial charge in [-0.2, -0.15) is 0 Å². The number of carbonyl (C=O) groups excluding carboxylic acids is 2. The molecule has 0 amide bonds. The molecule has 78 heavy (non-hydrogen) atoms. The number of esters is 2. The number of hydrogen-bond acceptors (Lipinski definition) is 10. The lowest BCUT2D eigenvalue weighted by molar-refractivity contribution is -0.137. The smallest absolute Gasteiger partial charge is 0.339 e. The van der Waals surface area contributed by atoms with E-state index in [9.17, 15) is 29.4 Å². The van der Waals surface area contributed by atoms with Crippen LogP contribution in [0.5, 0.6) is 23.0 Å². The molecule has 440 valence electrons. The van der Waals surface area contributed by atoms with E-state index in [2.05, 4.69) is 141 Å². The van der Waals surface area contributed by atoms with Crippen LogP contribution < -0.4 is 29.8 Å². The van der Waals surface area contributed by atoms with Gasteiger partial charge < -0.3 is 40.0 Å². The zero-order valence-corrected chi connectivity index (χ0v) is 54.6. The molecule has 2 atom stereocenters. The van der Waals surface area contributed by atoms with Gasteiger partial charge in [-0.25, -0.2) is 19.2 Å². The van der Waals surface area contributed by atoms with E-state index >= 15 is 0 Å². The first-order valence-electron chi connectivity index (χ1n) is 28.6. The van der Waals surface area contributed by atoms with Gasteiger partial charge in [0.2, 0.25) is 16.6 Å². The van der Waals surface area contributed by atoms with Crippen molar-refractivity contribution in [2.24, 2.45) is 23.3 Å². The minimum Gasteiger partial charge on any atom is -0.543 e. The maximum atomic E-state index is 13.2. The van der Waals surface area contributed by atoms with E-state index in [0.717, 1.165) is 51.4 Å². The number of aromatic carboxylic acids is 2. The molecule has 14 heteroatoms. The fraction of sp³-hybridized carbons (Fsp3) is 0.625. The number of hydrogen-bond donors (Lipinski definition) is 4. The Kier molecular flexibility index (Phi) is 29.1. The van der Waals surface area contributed by atoms with Gasteiger partial charge in [0.05, 0.1) is 0 Å². The van der Waals surface area contributed by atoms with Crippen LogP contribution in [0.4, 0.5) is 0 Å². The summed E-state index contributed by atoms with van der Waals surface area (Å²) in [5.41, 5.74) is 19.6. The monoisotopic (exact) mass is 1120 g/mol. The number of carboxylic acid groups (broad SMARTS) is 2. The van der Waals surface area contributed by atoms with Gasteiger partial charge >= 0.3 is 23.9 Å². The van der Waals surface area contributed by atoms with Crippen LogP contribution >= 0.6 is 0 Å². The number of carbonyl (C=O) groups is 4. The summed E-state index contributed by atoms with van der Waals surface area (Å²) in [6.45, 7) is 45.6. The van der Waals surface area contributed by atoms with Gasteiger partial charge in [0, 0.05) is 11.1 Å². The van der Waals surface area contributed by atoms with Gasteiger partial charge in [0.25, 0.3) is 0 Å². The predicted molar refractivity (Wildman–Crippen MR) is 329 cm³/mol. The van der Waals surface area contributed by atoms with Crippen LogP contribution in [0.3, 0.4) is 0 Å². The molecule has 0 aliphatic rings. The summed E-state index contributed by atoms with van der Waals surface area (Å²) in [7, 11) is -4.62. The molecule has 0 spiro atoms. The minimum absolute atomic E-state index is 0.0179. The molecule has 0 heterocycles. The quantitative estimate of drug-likeness (QED) is 0.0207. The second-order valence-corrected chi connectivity index (χ2v) is 35.0. The number of carboxylic acids is 2. The number of rotatable bonds is 28. The molecule has 12 nitrogen and oxygen atoms in total. The van der Waals surface area contributed by atoms with Crippen molar-refractivity contribution in [3.8, 4) is 23.0 Å². The zero-order valence-electron chi connectivity index (χ0n) is 52.6. The van der Waals surface area contributed by atoms with E-state index in [1.165, 1.54) is 22.3 Å². The second kappa shape index (κ2) is 31.9. The maximum absolute atomic E-state index is 13.2. The highest BCUT2D eigenvalue weighted by molar-refractivity contribution is 6.75. The first-order chi connectivity index (χ1) is 35.8. The highest BCUT2D eigenvalue weighted by atomic mass is 28.4. The topological polar surface area (TPSA) is 198 Å². The number of benzene rings is 2. The molecule has 0 bridgehead atoms. The van der Waals surface area contributed by atoms with Crippen LogP contribution in [0.25, 0.3) is 0 Å². The molecule has 2 aromatic rings. The maximum Gasteiger partial charge on any atom is 0.339 e. The highest BCUT2D eigenvalue weighted by Crippen LogP contribution is 2.45. The Balaban J connectivity index is 0.000000781. The summed E-state index contributed by atoms with van der Waals surface area (Å²) < 4.78 is 25.4. The third-order valence-corrected chi connectivity index (χ3v) is 23.8.